The minimum absolute atomic E-state index is 0.0169. The van der Waals surface area contributed by atoms with E-state index in [0.29, 0.717) is 11.6 Å². The highest BCUT2D eigenvalue weighted by Gasteiger charge is 2.36. The number of alkyl carbamates (subject to hydrolysis) is 1. The summed E-state index contributed by atoms with van der Waals surface area (Å²) in [6.45, 7) is 3.45. The van der Waals surface area contributed by atoms with Crippen LogP contribution in [0.1, 0.15) is 36.4 Å². The van der Waals surface area contributed by atoms with E-state index in [1.807, 2.05) is 97.1 Å². The molecule has 0 bridgehead atoms. The molecule has 4 amide bonds. The first kappa shape index (κ1) is 40.9. The van der Waals surface area contributed by atoms with E-state index in [2.05, 4.69) is 36.6 Å². The zero-order valence-corrected chi connectivity index (χ0v) is 31.7. The molecule has 5 rings (SSSR count). The van der Waals surface area contributed by atoms with Crippen LogP contribution in [0.3, 0.4) is 0 Å². The Kier molecular flexibility index (Phi) is 14.9. The molecule has 0 unspecified atom stereocenters. The summed E-state index contributed by atoms with van der Waals surface area (Å²) in [5.74, 6) is -0.866. The molecule has 4 aromatic carbocycles. The van der Waals surface area contributed by atoms with Gasteiger partial charge >= 0.3 is 6.09 Å². The number of benzene rings is 4. The Hall–Kier alpha value is -6.25. The number of aliphatic hydroxyl groups is 1. The second kappa shape index (κ2) is 20.4. The van der Waals surface area contributed by atoms with Crippen molar-refractivity contribution in [3.05, 3.63) is 132 Å². The topological polar surface area (TPSA) is 196 Å². The number of methoxy groups -OCH3 is 1. The number of nitrogens with one attached hydrogen (secondary N) is 6. The van der Waals surface area contributed by atoms with E-state index in [9.17, 15) is 24.3 Å². The minimum atomic E-state index is -1.51. The highest BCUT2D eigenvalue weighted by atomic mass is 16.5. The molecule has 7 N–H and O–H groups in total. The number of para-hydroxylation sites is 2. The molecule has 5 aromatic rings. The average molecular weight is 764 g/mol. The Morgan fingerprint density at radius 1 is 0.732 bits per heavy atom. The number of aromatic amines is 1. The molecule has 0 aliphatic rings. The Labute approximate surface area is 325 Å². The smallest absolute Gasteiger partial charge is 0.408 e. The van der Waals surface area contributed by atoms with Crippen molar-refractivity contribution in [3.8, 4) is 5.75 Å². The van der Waals surface area contributed by atoms with Crippen LogP contribution < -0.4 is 31.3 Å². The van der Waals surface area contributed by atoms with Crippen molar-refractivity contribution in [2.75, 3.05) is 13.7 Å². The van der Waals surface area contributed by atoms with Gasteiger partial charge in [0.1, 0.15) is 30.3 Å². The van der Waals surface area contributed by atoms with Gasteiger partial charge in [-0.25, -0.2) is 9.78 Å². The lowest BCUT2D eigenvalue weighted by Crippen LogP contribution is -2.61. The van der Waals surface area contributed by atoms with Crippen molar-refractivity contribution in [2.24, 2.45) is 5.92 Å². The number of ether oxygens (including phenoxy) is 2. The fourth-order valence-electron chi connectivity index (χ4n) is 6.01. The number of hydrogen-bond donors (Lipinski definition) is 7. The number of H-pyrrole nitrogens is 1. The molecule has 0 radical (unpaired) electrons. The summed E-state index contributed by atoms with van der Waals surface area (Å²) >= 11 is 0. The third kappa shape index (κ3) is 12.1. The molecule has 0 saturated heterocycles. The maximum Gasteiger partial charge on any atom is 0.408 e. The molecule has 1 heterocycles. The van der Waals surface area contributed by atoms with Crippen LogP contribution in [0, 0.1) is 5.92 Å². The molecule has 4 atom stereocenters. The normalized spacial score (nSPS) is 13.2. The zero-order chi connectivity index (χ0) is 39.9. The van der Waals surface area contributed by atoms with Gasteiger partial charge < -0.3 is 40.8 Å². The molecule has 0 saturated carbocycles. The summed E-state index contributed by atoms with van der Waals surface area (Å²) in [5, 5.41) is 26.1. The second-order valence-corrected chi connectivity index (χ2v) is 13.6. The standard InChI is InChI=1S/C42H49N7O7/c1-27(2)37(49-42(54)56-26-30-14-8-5-9-15-30)41(53)48-34(22-28-12-6-4-7-13-28)39(51)38(44-23-29-18-20-31(55-3)21-19-29)40(52)45-25-36(50)43-24-35-46-32-16-10-11-17-33(32)47-35/h4-21,27,34,37-39,44,51H,22-26H2,1-3H3,(H,43,50)(H,45,52)(H,46,47)(H,48,53)(H,49,54)/t34-,37-,38+,39+/m0/s1. The predicted molar refractivity (Wildman–Crippen MR) is 211 cm³/mol. The summed E-state index contributed by atoms with van der Waals surface area (Å²) in [4.78, 5) is 61.1. The Morgan fingerprint density at radius 2 is 1.39 bits per heavy atom. The van der Waals surface area contributed by atoms with Gasteiger partial charge in [0, 0.05) is 6.54 Å². The van der Waals surface area contributed by atoms with Crippen molar-refractivity contribution < 1.29 is 33.8 Å². The summed E-state index contributed by atoms with van der Waals surface area (Å²) in [5.41, 5.74) is 3.96. The van der Waals surface area contributed by atoms with Crippen LogP contribution in [0.2, 0.25) is 0 Å². The Bertz CT molecular complexity index is 1990. The SMILES string of the molecule is COc1ccc(CN[C@@H](C(=O)NCC(=O)NCc2nc3ccccc3[nH]2)[C@H](O)[C@H](Cc2ccccc2)NC(=O)[C@@H](NC(=O)OCc2ccccc2)C(C)C)cc1. The molecule has 0 aliphatic carbocycles. The van der Waals surface area contributed by atoms with Crippen molar-refractivity contribution >= 4 is 34.8 Å². The zero-order valence-electron chi connectivity index (χ0n) is 31.7. The van der Waals surface area contributed by atoms with E-state index < -0.39 is 48.0 Å². The number of carbonyl (C=O) groups is 4. The van der Waals surface area contributed by atoms with E-state index in [4.69, 9.17) is 9.47 Å². The van der Waals surface area contributed by atoms with Crippen LogP contribution in [-0.2, 0) is 45.2 Å². The quantitative estimate of drug-likeness (QED) is 0.0659. The number of fused-ring (bicyclic) bond motifs is 1. The lowest BCUT2D eigenvalue weighted by atomic mass is 9.94. The lowest BCUT2D eigenvalue weighted by molar-refractivity contribution is -0.131. The predicted octanol–water partition coefficient (Wildman–Crippen LogP) is 3.50. The first-order chi connectivity index (χ1) is 27.1. The number of amides is 4. The highest BCUT2D eigenvalue weighted by molar-refractivity contribution is 5.89. The number of aromatic nitrogens is 2. The number of imidazole rings is 1. The van der Waals surface area contributed by atoms with Crippen LogP contribution in [0.5, 0.6) is 5.75 Å². The van der Waals surface area contributed by atoms with E-state index in [1.165, 1.54) is 0 Å². The maximum atomic E-state index is 13.9. The molecular formula is C42H49N7O7. The van der Waals surface area contributed by atoms with Crippen LogP contribution >= 0.6 is 0 Å². The van der Waals surface area contributed by atoms with Gasteiger partial charge in [0.05, 0.1) is 43.4 Å². The summed E-state index contributed by atoms with van der Waals surface area (Å²) in [6, 6.07) is 29.7. The van der Waals surface area contributed by atoms with Gasteiger partial charge in [0.15, 0.2) is 0 Å². The second-order valence-electron chi connectivity index (χ2n) is 13.6. The van der Waals surface area contributed by atoms with Gasteiger partial charge in [0.2, 0.25) is 17.7 Å². The molecule has 1 aromatic heterocycles. The van der Waals surface area contributed by atoms with E-state index in [-0.39, 0.29) is 38.6 Å². The third-order valence-electron chi connectivity index (χ3n) is 9.10. The largest absolute Gasteiger partial charge is 0.497 e. The summed E-state index contributed by atoms with van der Waals surface area (Å²) < 4.78 is 10.6. The van der Waals surface area contributed by atoms with E-state index in [0.717, 1.165) is 27.7 Å². The summed E-state index contributed by atoms with van der Waals surface area (Å²) in [6.07, 6.45) is -2.14. The monoisotopic (exact) mass is 763 g/mol. The number of hydrogen-bond acceptors (Lipinski definition) is 9. The van der Waals surface area contributed by atoms with Crippen molar-refractivity contribution in [1.29, 1.82) is 0 Å². The van der Waals surface area contributed by atoms with Gasteiger partial charge in [-0.15, -0.1) is 0 Å². The number of carbonyl (C=O) groups excluding carboxylic acids is 4. The highest BCUT2D eigenvalue weighted by Crippen LogP contribution is 2.15. The molecule has 294 valence electrons. The molecule has 14 heteroatoms. The lowest BCUT2D eigenvalue weighted by Gasteiger charge is -2.32. The number of rotatable bonds is 19. The summed E-state index contributed by atoms with van der Waals surface area (Å²) in [7, 11) is 1.56. The Balaban J connectivity index is 1.30. The van der Waals surface area contributed by atoms with Gasteiger partial charge in [-0.05, 0) is 53.3 Å². The van der Waals surface area contributed by atoms with Crippen LogP contribution in [0.15, 0.2) is 109 Å². The first-order valence-electron chi connectivity index (χ1n) is 18.4. The van der Waals surface area contributed by atoms with Gasteiger partial charge in [-0.1, -0.05) is 98.8 Å². The number of aliphatic hydroxyl groups excluding tert-OH is 1. The minimum Gasteiger partial charge on any atom is -0.497 e. The molecule has 0 fully saturated rings. The molecule has 14 nitrogen and oxygen atoms in total. The van der Waals surface area contributed by atoms with Crippen molar-refractivity contribution in [2.45, 2.75) is 64.2 Å². The molecule has 0 spiro atoms. The Morgan fingerprint density at radius 3 is 2.05 bits per heavy atom. The van der Waals surface area contributed by atoms with Crippen molar-refractivity contribution in [1.82, 2.24) is 36.6 Å². The third-order valence-corrected chi connectivity index (χ3v) is 9.10. The van der Waals surface area contributed by atoms with E-state index in [1.54, 1.807) is 33.1 Å². The number of nitrogens with zero attached hydrogens (tertiary/aromatic N) is 1. The fraction of sp³-hybridized carbons (Fsp3) is 0.310. The van der Waals surface area contributed by atoms with Crippen LogP contribution in [-0.4, -0.2) is 76.8 Å². The van der Waals surface area contributed by atoms with Gasteiger partial charge in [-0.3, -0.25) is 19.7 Å². The van der Waals surface area contributed by atoms with Gasteiger partial charge in [-0.2, -0.15) is 0 Å². The molecule has 56 heavy (non-hydrogen) atoms. The van der Waals surface area contributed by atoms with Gasteiger partial charge in [0.25, 0.3) is 0 Å². The average Bonchev–Trinajstić information content (AvgIpc) is 3.64. The van der Waals surface area contributed by atoms with E-state index >= 15 is 0 Å². The van der Waals surface area contributed by atoms with Crippen LogP contribution in [0.4, 0.5) is 4.79 Å². The fourth-order valence-corrected chi connectivity index (χ4v) is 6.01. The van der Waals surface area contributed by atoms with Crippen molar-refractivity contribution in [3.63, 3.8) is 0 Å². The molecule has 0 aliphatic heterocycles. The van der Waals surface area contributed by atoms with Crippen LogP contribution in [0.25, 0.3) is 11.0 Å². The molecular weight excluding hydrogens is 715 g/mol. The maximum absolute atomic E-state index is 13.9. The first-order valence-corrected chi connectivity index (χ1v) is 18.4.